The summed E-state index contributed by atoms with van der Waals surface area (Å²) in [5, 5.41) is 0. The van der Waals surface area contributed by atoms with Crippen LogP contribution in [0, 0.1) is 0 Å². The van der Waals surface area contributed by atoms with Crippen LogP contribution in [0.5, 0.6) is 0 Å². The highest BCUT2D eigenvalue weighted by Crippen LogP contribution is 2.18. The van der Waals surface area contributed by atoms with Gasteiger partial charge < -0.3 is 0 Å². The summed E-state index contributed by atoms with van der Waals surface area (Å²) in [4.78, 5) is 11.9. The number of ketones is 1. The smallest absolute Gasteiger partial charge is 0.176 e. The molecule has 88 valence electrons. The van der Waals surface area contributed by atoms with Gasteiger partial charge in [-0.2, -0.15) is 0 Å². The molecule has 1 rings (SSSR count). The van der Waals surface area contributed by atoms with Gasteiger partial charge in [0.1, 0.15) is 0 Å². The lowest BCUT2D eigenvalue weighted by atomic mass is 9.97. The largest absolute Gasteiger partial charge is 0.293 e. The predicted molar refractivity (Wildman–Crippen MR) is 72.5 cm³/mol. The predicted octanol–water partition coefficient (Wildman–Crippen LogP) is 4.17. The van der Waals surface area contributed by atoms with Gasteiger partial charge in [-0.25, -0.2) is 0 Å². The van der Waals surface area contributed by atoms with Crippen molar-refractivity contribution in [3.8, 4) is 0 Å². The minimum absolute atomic E-state index is 0.0512. The molecule has 0 saturated carbocycles. The Morgan fingerprint density at radius 2 is 1.81 bits per heavy atom. The molecule has 0 saturated heterocycles. The van der Waals surface area contributed by atoms with Crippen LogP contribution in [-0.2, 0) is 12.8 Å². The average molecular weight is 283 g/mol. The maximum Gasteiger partial charge on any atom is 0.176 e. The quantitative estimate of drug-likeness (QED) is 0.585. The summed E-state index contributed by atoms with van der Waals surface area (Å²) in [5.74, 6) is 0.194. The van der Waals surface area contributed by atoms with E-state index in [1.807, 2.05) is 19.1 Å². The molecule has 0 amide bonds. The summed E-state index contributed by atoms with van der Waals surface area (Å²) in [5.41, 5.74) is 3.48. The van der Waals surface area contributed by atoms with Gasteiger partial charge >= 0.3 is 0 Å². The van der Waals surface area contributed by atoms with Gasteiger partial charge in [-0.1, -0.05) is 48.8 Å². The minimum Gasteiger partial charge on any atom is -0.293 e. The third-order valence-corrected chi connectivity index (χ3v) is 3.96. The number of Topliss-reactive ketones (excluding diaryl/α,β-unsaturated/α-hetero) is 1. The maximum atomic E-state index is 12.0. The molecule has 1 atom stereocenters. The molecular formula is C14H19BrO. The first-order chi connectivity index (χ1) is 7.63. The van der Waals surface area contributed by atoms with E-state index in [1.54, 1.807) is 0 Å². The molecule has 1 aromatic carbocycles. The molecule has 1 unspecified atom stereocenters. The van der Waals surface area contributed by atoms with E-state index in [9.17, 15) is 4.79 Å². The van der Waals surface area contributed by atoms with Crippen LogP contribution in [0.15, 0.2) is 18.2 Å². The summed E-state index contributed by atoms with van der Waals surface area (Å²) >= 11 is 3.41. The third-order valence-electron chi connectivity index (χ3n) is 2.90. The molecule has 0 bridgehead atoms. The number of halogens is 1. The highest BCUT2D eigenvalue weighted by Gasteiger charge is 2.15. The Morgan fingerprint density at radius 1 is 1.19 bits per heavy atom. The van der Waals surface area contributed by atoms with Gasteiger partial charge in [0.15, 0.2) is 5.78 Å². The second-order valence-corrected chi connectivity index (χ2v) is 5.04. The molecule has 16 heavy (non-hydrogen) atoms. The Labute approximate surface area is 106 Å². The molecule has 0 heterocycles. The van der Waals surface area contributed by atoms with Crippen LogP contribution in [0.25, 0.3) is 0 Å². The first-order valence-corrected chi connectivity index (χ1v) is 6.85. The number of carbonyl (C=O) groups is 1. The van der Waals surface area contributed by atoms with Crippen molar-refractivity contribution >= 4 is 21.7 Å². The topological polar surface area (TPSA) is 17.1 Å². The molecule has 0 N–H and O–H groups in total. The first kappa shape index (κ1) is 13.4. The van der Waals surface area contributed by atoms with E-state index in [2.05, 4.69) is 35.8 Å². The van der Waals surface area contributed by atoms with Crippen LogP contribution in [-0.4, -0.2) is 10.6 Å². The fraction of sp³-hybridized carbons (Fsp3) is 0.500. The Balaban J connectivity index is 3.03. The summed E-state index contributed by atoms with van der Waals surface area (Å²) in [7, 11) is 0. The first-order valence-electron chi connectivity index (χ1n) is 5.94. The van der Waals surface area contributed by atoms with E-state index >= 15 is 0 Å². The third kappa shape index (κ3) is 2.94. The van der Waals surface area contributed by atoms with Gasteiger partial charge in [0.05, 0.1) is 4.83 Å². The van der Waals surface area contributed by atoms with Crippen LogP contribution >= 0.6 is 15.9 Å². The zero-order valence-corrected chi connectivity index (χ0v) is 11.8. The molecule has 0 aromatic heterocycles. The second-order valence-electron chi connectivity index (χ2n) is 3.93. The average Bonchev–Trinajstić information content (AvgIpc) is 2.35. The van der Waals surface area contributed by atoms with Crippen molar-refractivity contribution in [2.24, 2.45) is 0 Å². The molecular weight excluding hydrogens is 264 g/mol. The number of carbonyl (C=O) groups excluding carboxylic acids is 1. The number of hydrogen-bond acceptors (Lipinski definition) is 1. The van der Waals surface area contributed by atoms with E-state index in [0.29, 0.717) is 0 Å². The molecule has 0 radical (unpaired) electrons. The highest BCUT2D eigenvalue weighted by molar-refractivity contribution is 9.10. The van der Waals surface area contributed by atoms with Crippen molar-refractivity contribution in [2.75, 3.05) is 0 Å². The highest BCUT2D eigenvalue weighted by atomic mass is 79.9. The van der Waals surface area contributed by atoms with Crippen LogP contribution in [0.4, 0.5) is 0 Å². The molecule has 0 aliphatic heterocycles. The summed E-state index contributed by atoms with van der Waals surface area (Å²) in [6.45, 7) is 6.29. The van der Waals surface area contributed by atoms with Crippen molar-refractivity contribution in [3.63, 3.8) is 0 Å². The fourth-order valence-electron chi connectivity index (χ4n) is 1.82. The van der Waals surface area contributed by atoms with Crippen LogP contribution < -0.4 is 0 Å². The summed E-state index contributed by atoms with van der Waals surface area (Å²) in [6.07, 6.45) is 2.85. The zero-order valence-electron chi connectivity index (χ0n) is 10.2. The fourth-order valence-corrected chi connectivity index (χ4v) is 2.08. The Morgan fingerprint density at radius 3 is 2.31 bits per heavy atom. The Hall–Kier alpha value is -0.630. The van der Waals surface area contributed by atoms with E-state index in [-0.39, 0.29) is 10.6 Å². The summed E-state index contributed by atoms with van der Waals surface area (Å²) < 4.78 is 0. The van der Waals surface area contributed by atoms with Crippen LogP contribution in [0.1, 0.15) is 48.7 Å². The number of alkyl halides is 1. The minimum atomic E-state index is -0.0512. The van der Waals surface area contributed by atoms with E-state index in [1.165, 1.54) is 11.1 Å². The van der Waals surface area contributed by atoms with Gasteiger partial charge in [-0.3, -0.25) is 4.79 Å². The molecule has 2 heteroatoms. The zero-order chi connectivity index (χ0) is 12.1. The number of benzene rings is 1. The number of hydrogen-bond donors (Lipinski definition) is 0. The molecule has 1 aromatic rings. The molecule has 1 nitrogen and oxygen atoms in total. The van der Waals surface area contributed by atoms with Crippen molar-refractivity contribution in [2.45, 2.75) is 44.9 Å². The molecule has 0 spiro atoms. The Bertz CT molecular complexity index is 371. The van der Waals surface area contributed by atoms with Gasteiger partial charge in [0.25, 0.3) is 0 Å². The van der Waals surface area contributed by atoms with Crippen molar-refractivity contribution in [3.05, 3.63) is 34.9 Å². The van der Waals surface area contributed by atoms with Crippen molar-refractivity contribution < 1.29 is 4.79 Å². The molecule has 0 aliphatic carbocycles. The molecule has 0 fully saturated rings. The molecule has 0 aliphatic rings. The lowest BCUT2D eigenvalue weighted by Crippen LogP contribution is -2.13. The van der Waals surface area contributed by atoms with E-state index < -0.39 is 0 Å². The van der Waals surface area contributed by atoms with E-state index in [4.69, 9.17) is 0 Å². The van der Waals surface area contributed by atoms with E-state index in [0.717, 1.165) is 24.8 Å². The van der Waals surface area contributed by atoms with Crippen molar-refractivity contribution in [1.29, 1.82) is 0 Å². The normalized spacial score (nSPS) is 12.5. The van der Waals surface area contributed by atoms with Crippen LogP contribution in [0.3, 0.4) is 0 Å². The Kier molecular flexibility index (Phi) is 5.20. The van der Waals surface area contributed by atoms with Gasteiger partial charge in [0.2, 0.25) is 0 Å². The van der Waals surface area contributed by atoms with Crippen molar-refractivity contribution in [1.82, 2.24) is 0 Å². The lowest BCUT2D eigenvalue weighted by molar-refractivity contribution is 0.0990. The monoisotopic (exact) mass is 282 g/mol. The van der Waals surface area contributed by atoms with Gasteiger partial charge in [0, 0.05) is 5.56 Å². The SMILES string of the molecule is CCc1ccc(C(=O)C(Br)CC)cc1CC. The lowest BCUT2D eigenvalue weighted by Gasteiger charge is -2.10. The van der Waals surface area contributed by atoms with Gasteiger partial charge in [-0.05, 0) is 36.5 Å². The second kappa shape index (κ2) is 6.19. The summed E-state index contributed by atoms with van der Waals surface area (Å²) in [6, 6.07) is 6.08. The van der Waals surface area contributed by atoms with Crippen LogP contribution in [0.2, 0.25) is 0 Å². The number of rotatable bonds is 5. The standard InChI is InChI=1S/C14H19BrO/c1-4-10-7-8-12(9-11(10)5-2)14(16)13(15)6-3/h7-9,13H,4-6H2,1-3H3. The maximum absolute atomic E-state index is 12.0. The number of aryl methyl sites for hydroxylation is 2. The van der Waals surface area contributed by atoms with Gasteiger partial charge in [-0.15, -0.1) is 0 Å².